The smallest absolute Gasteiger partial charge is 0.336 e. The Morgan fingerprint density at radius 1 is 1.19 bits per heavy atom. The van der Waals surface area contributed by atoms with Gasteiger partial charge in [0.25, 0.3) is 5.91 Å². The summed E-state index contributed by atoms with van der Waals surface area (Å²) < 4.78 is 10.6. The summed E-state index contributed by atoms with van der Waals surface area (Å²) in [5.41, 5.74) is 1.39. The fourth-order valence-corrected chi connectivity index (χ4v) is 2.88. The van der Waals surface area contributed by atoms with Crippen molar-refractivity contribution in [3.05, 3.63) is 69.0 Å². The average molecular weight is 386 g/mol. The van der Waals surface area contributed by atoms with Gasteiger partial charge in [0.2, 0.25) is 0 Å². The first-order valence-electron chi connectivity index (χ1n) is 8.12. The molecule has 1 heterocycles. The van der Waals surface area contributed by atoms with Crippen LogP contribution in [0, 0.1) is 6.92 Å². The first-order chi connectivity index (χ1) is 12.8. The minimum Gasteiger partial charge on any atom is -0.482 e. The first kappa shape index (κ1) is 18.7. The summed E-state index contributed by atoms with van der Waals surface area (Å²) in [6.45, 7) is 2.87. The molecule has 1 amide bonds. The second kappa shape index (κ2) is 7.63. The minimum atomic E-state index is -0.480. The highest BCUT2D eigenvalue weighted by molar-refractivity contribution is 6.32. The zero-order valence-corrected chi connectivity index (χ0v) is 15.4. The van der Waals surface area contributed by atoms with E-state index in [1.54, 1.807) is 37.3 Å². The molecule has 7 heteroatoms. The number of benzene rings is 2. The molecule has 3 rings (SSSR count). The van der Waals surface area contributed by atoms with Crippen molar-refractivity contribution < 1.29 is 18.7 Å². The molecule has 0 spiro atoms. The number of fused-ring (bicyclic) bond motifs is 1. The maximum Gasteiger partial charge on any atom is 0.336 e. The SMILES string of the molecule is CC(=O)c1ccccc1NC(=O)COc1cc2oc(=O)cc(C)c2cc1Cl. The van der Waals surface area contributed by atoms with E-state index in [-0.39, 0.29) is 23.2 Å². The largest absolute Gasteiger partial charge is 0.482 e. The molecule has 0 saturated heterocycles. The van der Waals surface area contributed by atoms with E-state index in [0.717, 1.165) is 5.56 Å². The van der Waals surface area contributed by atoms with E-state index in [0.29, 0.717) is 22.2 Å². The standard InChI is InChI=1S/C20H16ClNO5/c1-11-7-20(25)27-17-9-18(15(21)8-14(11)17)26-10-19(24)22-16-6-4-3-5-13(16)12(2)23/h3-9H,10H2,1-2H3,(H,22,24). The monoisotopic (exact) mass is 385 g/mol. The Morgan fingerprint density at radius 3 is 2.67 bits per heavy atom. The van der Waals surface area contributed by atoms with Crippen LogP contribution in [-0.2, 0) is 4.79 Å². The van der Waals surface area contributed by atoms with Crippen LogP contribution < -0.4 is 15.7 Å². The van der Waals surface area contributed by atoms with E-state index >= 15 is 0 Å². The van der Waals surface area contributed by atoms with Crippen LogP contribution in [-0.4, -0.2) is 18.3 Å². The van der Waals surface area contributed by atoms with E-state index < -0.39 is 11.5 Å². The summed E-state index contributed by atoms with van der Waals surface area (Å²) in [6.07, 6.45) is 0. The van der Waals surface area contributed by atoms with Crippen molar-refractivity contribution in [3.63, 3.8) is 0 Å². The predicted molar refractivity (Wildman–Crippen MR) is 103 cm³/mol. The number of aryl methyl sites for hydroxylation is 1. The normalized spacial score (nSPS) is 10.6. The van der Waals surface area contributed by atoms with Gasteiger partial charge in [-0.1, -0.05) is 23.7 Å². The summed E-state index contributed by atoms with van der Waals surface area (Å²) in [5, 5.41) is 3.61. The lowest BCUT2D eigenvalue weighted by Gasteiger charge is -2.11. The number of para-hydroxylation sites is 1. The van der Waals surface area contributed by atoms with Crippen molar-refractivity contribution in [2.75, 3.05) is 11.9 Å². The Morgan fingerprint density at radius 2 is 1.93 bits per heavy atom. The van der Waals surface area contributed by atoms with E-state index in [1.165, 1.54) is 19.1 Å². The molecular weight excluding hydrogens is 370 g/mol. The number of Topliss-reactive ketones (excluding diaryl/α,β-unsaturated/α-hetero) is 1. The Bertz CT molecular complexity index is 1100. The molecular formula is C20H16ClNO5. The van der Waals surface area contributed by atoms with Gasteiger partial charge in [-0.05, 0) is 37.6 Å². The molecule has 27 heavy (non-hydrogen) atoms. The molecule has 0 atom stereocenters. The summed E-state index contributed by atoms with van der Waals surface area (Å²) >= 11 is 6.20. The summed E-state index contributed by atoms with van der Waals surface area (Å²) in [6, 6.07) is 11.2. The fourth-order valence-electron chi connectivity index (χ4n) is 2.66. The average Bonchev–Trinajstić information content (AvgIpc) is 2.61. The van der Waals surface area contributed by atoms with Crippen molar-refractivity contribution in [1.82, 2.24) is 0 Å². The van der Waals surface area contributed by atoms with Gasteiger partial charge in [-0.25, -0.2) is 4.79 Å². The summed E-state index contributed by atoms with van der Waals surface area (Å²) in [4.78, 5) is 35.3. The third-order valence-corrected chi connectivity index (χ3v) is 4.24. The van der Waals surface area contributed by atoms with Crippen molar-refractivity contribution in [1.29, 1.82) is 0 Å². The number of amides is 1. The van der Waals surface area contributed by atoms with Gasteiger partial charge < -0.3 is 14.5 Å². The van der Waals surface area contributed by atoms with E-state index in [9.17, 15) is 14.4 Å². The summed E-state index contributed by atoms with van der Waals surface area (Å²) in [5.74, 6) is -0.395. The van der Waals surface area contributed by atoms with Crippen LogP contribution in [0.3, 0.4) is 0 Å². The molecule has 0 aliphatic carbocycles. The molecule has 1 aromatic heterocycles. The number of rotatable bonds is 5. The number of ketones is 1. The van der Waals surface area contributed by atoms with Crippen molar-refractivity contribution in [3.8, 4) is 5.75 Å². The topological polar surface area (TPSA) is 85.6 Å². The Hall–Kier alpha value is -3.12. The van der Waals surface area contributed by atoms with Gasteiger partial charge in [-0.2, -0.15) is 0 Å². The number of carbonyl (C=O) groups is 2. The van der Waals surface area contributed by atoms with Gasteiger partial charge >= 0.3 is 5.63 Å². The van der Waals surface area contributed by atoms with Crippen LogP contribution in [0.5, 0.6) is 5.75 Å². The Labute approximate surface area is 159 Å². The van der Waals surface area contributed by atoms with Gasteiger partial charge in [-0.15, -0.1) is 0 Å². The molecule has 0 unspecified atom stereocenters. The van der Waals surface area contributed by atoms with Crippen LogP contribution in [0.25, 0.3) is 11.0 Å². The number of ether oxygens (including phenoxy) is 1. The number of hydrogen-bond donors (Lipinski definition) is 1. The number of hydrogen-bond acceptors (Lipinski definition) is 5. The Kier molecular flexibility index (Phi) is 5.28. The molecule has 0 fully saturated rings. The van der Waals surface area contributed by atoms with Gasteiger partial charge in [0.05, 0.1) is 10.7 Å². The molecule has 3 aromatic rings. The zero-order chi connectivity index (χ0) is 19.6. The van der Waals surface area contributed by atoms with Crippen LogP contribution in [0.4, 0.5) is 5.69 Å². The molecule has 0 aliphatic heterocycles. The molecule has 0 aliphatic rings. The van der Waals surface area contributed by atoms with Crippen LogP contribution in [0.1, 0.15) is 22.8 Å². The van der Waals surface area contributed by atoms with E-state index in [1.807, 2.05) is 0 Å². The molecule has 1 N–H and O–H groups in total. The lowest BCUT2D eigenvalue weighted by Crippen LogP contribution is -2.21. The lowest BCUT2D eigenvalue weighted by atomic mass is 10.1. The predicted octanol–water partition coefficient (Wildman–Crippen LogP) is 3.97. The van der Waals surface area contributed by atoms with Crippen molar-refractivity contribution in [2.45, 2.75) is 13.8 Å². The fraction of sp³-hybridized carbons (Fsp3) is 0.150. The maximum absolute atomic E-state index is 12.2. The molecule has 0 saturated carbocycles. The first-order valence-corrected chi connectivity index (χ1v) is 8.49. The second-order valence-corrected chi connectivity index (χ2v) is 6.37. The molecule has 0 bridgehead atoms. The van der Waals surface area contributed by atoms with E-state index in [4.69, 9.17) is 20.8 Å². The zero-order valence-electron chi connectivity index (χ0n) is 14.7. The molecule has 6 nitrogen and oxygen atoms in total. The highest BCUT2D eigenvalue weighted by Crippen LogP contribution is 2.31. The minimum absolute atomic E-state index is 0.158. The number of carbonyl (C=O) groups excluding carboxylic acids is 2. The van der Waals surface area contributed by atoms with Crippen molar-refractivity contribution >= 4 is 39.9 Å². The van der Waals surface area contributed by atoms with Crippen molar-refractivity contribution in [2.24, 2.45) is 0 Å². The van der Waals surface area contributed by atoms with Gasteiger partial charge in [0, 0.05) is 23.1 Å². The molecule has 2 aromatic carbocycles. The van der Waals surface area contributed by atoms with Gasteiger partial charge in [-0.3, -0.25) is 9.59 Å². The van der Waals surface area contributed by atoms with E-state index in [2.05, 4.69) is 5.32 Å². The molecule has 0 radical (unpaired) electrons. The number of halogens is 1. The lowest BCUT2D eigenvalue weighted by molar-refractivity contribution is -0.118. The Balaban J connectivity index is 1.77. The third-order valence-electron chi connectivity index (χ3n) is 3.94. The maximum atomic E-state index is 12.2. The quantitative estimate of drug-likeness (QED) is 0.530. The van der Waals surface area contributed by atoms with Crippen LogP contribution in [0.15, 0.2) is 51.7 Å². The third kappa shape index (κ3) is 4.17. The second-order valence-electron chi connectivity index (χ2n) is 5.97. The number of anilines is 1. The van der Waals surface area contributed by atoms with Crippen LogP contribution >= 0.6 is 11.6 Å². The highest BCUT2D eigenvalue weighted by Gasteiger charge is 2.13. The van der Waals surface area contributed by atoms with Gasteiger partial charge in [0.1, 0.15) is 11.3 Å². The van der Waals surface area contributed by atoms with Crippen LogP contribution in [0.2, 0.25) is 5.02 Å². The molecule has 138 valence electrons. The van der Waals surface area contributed by atoms with Gasteiger partial charge in [0.15, 0.2) is 12.4 Å². The highest BCUT2D eigenvalue weighted by atomic mass is 35.5. The number of nitrogens with one attached hydrogen (secondary N) is 1. The summed E-state index contributed by atoms with van der Waals surface area (Å²) in [7, 11) is 0.